The number of methoxy groups -OCH3 is 1. The molecule has 2 rings (SSSR count). The summed E-state index contributed by atoms with van der Waals surface area (Å²) in [5, 5.41) is 12.5. The van der Waals surface area contributed by atoms with Gasteiger partial charge < -0.3 is 9.84 Å². The molecule has 0 saturated heterocycles. The van der Waals surface area contributed by atoms with Gasteiger partial charge in [0.1, 0.15) is 10.6 Å². The first kappa shape index (κ1) is 13.0. The van der Waals surface area contributed by atoms with E-state index in [1.165, 1.54) is 25.7 Å². The van der Waals surface area contributed by atoms with Crippen LogP contribution in [0.25, 0.3) is 0 Å². The first-order chi connectivity index (χ1) is 8.18. The maximum Gasteiger partial charge on any atom is 0.125 e. The molecule has 96 valence electrons. The van der Waals surface area contributed by atoms with Gasteiger partial charge in [0.2, 0.25) is 0 Å². The van der Waals surface area contributed by atoms with Crippen LogP contribution in [0.3, 0.4) is 0 Å². The van der Waals surface area contributed by atoms with E-state index in [0.29, 0.717) is 0 Å². The number of aliphatic hydroxyl groups excluding tert-OH is 1. The highest BCUT2D eigenvalue weighted by Gasteiger charge is 2.35. The van der Waals surface area contributed by atoms with Gasteiger partial charge in [0, 0.05) is 12.5 Å². The molecule has 1 unspecified atom stereocenters. The zero-order valence-corrected chi connectivity index (χ0v) is 11.4. The van der Waals surface area contributed by atoms with Crippen molar-refractivity contribution in [2.75, 3.05) is 7.11 Å². The monoisotopic (exact) mass is 255 g/mol. The van der Waals surface area contributed by atoms with Gasteiger partial charge in [-0.1, -0.05) is 25.7 Å². The molecule has 1 aliphatic rings. The van der Waals surface area contributed by atoms with Crippen LogP contribution in [0, 0.1) is 0 Å². The Morgan fingerprint density at radius 3 is 2.47 bits per heavy atom. The molecule has 1 aromatic rings. The molecule has 0 spiro atoms. The van der Waals surface area contributed by atoms with Gasteiger partial charge in [0.15, 0.2) is 0 Å². The molecule has 0 aliphatic heterocycles. The molecule has 17 heavy (non-hydrogen) atoms. The van der Waals surface area contributed by atoms with Crippen LogP contribution < -0.4 is 0 Å². The lowest BCUT2D eigenvalue weighted by atomic mass is 9.95. The minimum absolute atomic E-state index is 0.200. The molecule has 0 aromatic carbocycles. The average Bonchev–Trinajstić information content (AvgIpc) is 2.70. The largest absolute Gasteiger partial charge is 0.387 e. The van der Waals surface area contributed by atoms with Crippen molar-refractivity contribution >= 4 is 11.3 Å². The third kappa shape index (κ3) is 2.69. The summed E-state index contributed by atoms with van der Waals surface area (Å²) in [6.07, 6.45) is 6.61. The van der Waals surface area contributed by atoms with Gasteiger partial charge in [-0.05, 0) is 19.8 Å². The number of aliphatic hydroxyl groups is 1. The van der Waals surface area contributed by atoms with Crippen molar-refractivity contribution in [2.24, 2.45) is 0 Å². The summed E-state index contributed by atoms with van der Waals surface area (Å²) >= 11 is 1.62. The van der Waals surface area contributed by atoms with Crippen molar-refractivity contribution < 1.29 is 9.84 Å². The molecule has 1 aliphatic carbocycles. The Hall–Kier alpha value is -0.450. The maximum absolute atomic E-state index is 9.55. The lowest BCUT2D eigenvalue weighted by Crippen LogP contribution is -2.27. The summed E-state index contributed by atoms with van der Waals surface area (Å²) in [6, 6.07) is 0. The summed E-state index contributed by atoms with van der Waals surface area (Å²) in [6.45, 7) is 1.76. The van der Waals surface area contributed by atoms with E-state index in [9.17, 15) is 5.11 Å². The normalized spacial score (nSPS) is 22.1. The first-order valence-corrected chi connectivity index (χ1v) is 7.25. The highest BCUT2D eigenvalue weighted by Crippen LogP contribution is 2.40. The number of hydrogen-bond acceptors (Lipinski definition) is 4. The van der Waals surface area contributed by atoms with Gasteiger partial charge in [-0.15, -0.1) is 11.3 Å². The van der Waals surface area contributed by atoms with E-state index < -0.39 is 6.10 Å². The maximum atomic E-state index is 9.55. The number of thiazole rings is 1. The van der Waals surface area contributed by atoms with Crippen LogP contribution in [-0.4, -0.2) is 17.2 Å². The summed E-state index contributed by atoms with van der Waals surface area (Å²) in [7, 11) is 1.79. The number of ether oxygens (including phenoxy) is 1. The van der Waals surface area contributed by atoms with E-state index in [1.807, 2.05) is 5.38 Å². The molecule has 0 amide bonds. The highest BCUT2D eigenvalue weighted by molar-refractivity contribution is 7.09. The quantitative estimate of drug-likeness (QED) is 0.842. The highest BCUT2D eigenvalue weighted by atomic mass is 32.1. The molecule has 4 heteroatoms. The van der Waals surface area contributed by atoms with Crippen molar-refractivity contribution in [3.63, 3.8) is 0 Å². The molecular weight excluding hydrogens is 234 g/mol. The van der Waals surface area contributed by atoms with E-state index in [1.54, 1.807) is 25.4 Å². The Balaban J connectivity index is 2.25. The van der Waals surface area contributed by atoms with Gasteiger partial charge in [-0.3, -0.25) is 0 Å². The lowest BCUT2D eigenvalue weighted by molar-refractivity contribution is -0.0282. The summed E-state index contributed by atoms with van der Waals surface area (Å²) in [5.74, 6) is 0. The van der Waals surface area contributed by atoms with Crippen molar-refractivity contribution in [3.05, 3.63) is 16.1 Å². The fourth-order valence-electron chi connectivity index (χ4n) is 2.49. The topological polar surface area (TPSA) is 42.4 Å². The first-order valence-electron chi connectivity index (χ1n) is 6.37. The minimum atomic E-state index is -0.486. The molecule has 0 bridgehead atoms. The zero-order valence-electron chi connectivity index (χ0n) is 10.6. The van der Waals surface area contributed by atoms with E-state index >= 15 is 0 Å². The second-order valence-electron chi connectivity index (χ2n) is 4.87. The van der Waals surface area contributed by atoms with E-state index in [4.69, 9.17) is 4.74 Å². The summed E-state index contributed by atoms with van der Waals surface area (Å²) in [4.78, 5) is 4.56. The third-order valence-corrected chi connectivity index (χ3v) is 4.69. The van der Waals surface area contributed by atoms with Crippen LogP contribution in [0.15, 0.2) is 5.38 Å². The molecule has 1 heterocycles. The van der Waals surface area contributed by atoms with Crippen LogP contribution in [-0.2, 0) is 10.3 Å². The molecule has 1 aromatic heterocycles. The third-order valence-electron chi connectivity index (χ3n) is 3.64. The second-order valence-corrected chi connectivity index (χ2v) is 5.72. The Bertz CT molecular complexity index is 354. The molecular formula is C13H21NO2S. The number of aromatic nitrogens is 1. The van der Waals surface area contributed by atoms with Crippen LogP contribution >= 0.6 is 11.3 Å². The number of hydrogen-bond donors (Lipinski definition) is 1. The fraction of sp³-hybridized carbons (Fsp3) is 0.769. The Kier molecular flexibility index (Phi) is 4.17. The Morgan fingerprint density at radius 1 is 1.35 bits per heavy atom. The molecule has 1 saturated carbocycles. The van der Waals surface area contributed by atoms with Crippen molar-refractivity contribution in [2.45, 2.75) is 57.2 Å². The molecule has 1 atom stereocenters. The molecule has 1 N–H and O–H groups in total. The number of rotatable bonds is 3. The summed E-state index contributed by atoms with van der Waals surface area (Å²) in [5.41, 5.74) is 0.569. The second kappa shape index (κ2) is 5.46. The van der Waals surface area contributed by atoms with Crippen molar-refractivity contribution in [1.29, 1.82) is 0 Å². The van der Waals surface area contributed by atoms with Gasteiger partial charge in [-0.25, -0.2) is 4.98 Å². The van der Waals surface area contributed by atoms with Gasteiger partial charge in [0.05, 0.1) is 11.8 Å². The average molecular weight is 255 g/mol. The lowest BCUT2D eigenvalue weighted by Gasteiger charge is -2.29. The van der Waals surface area contributed by atoms with E-state index in [2.05, 4.69) is 4.98 Å². The van der Waals surface area contributed by atoms with Crippen molar-refractivity contribution in [1.82, 2.24) is 4.98 Å². The van der Waals surface area contributed by atoms with Crippen LogP contribution in [0.4, 0.5) is 0 Å². The predicted octanol–water partition coefficient (Wildman–Crippen LogP) is 3.39. The Labute approximate surface area is 107 Å². The summed E-state index contributed by atoms with van der Waals surface area (Å²) < 4.78 is 5.80. The molecule has 3 nitrogen and oxygen atoms in total. The van der Waals surface area contributed by atoms with Crippen LogP contribution in [0.2, 0.25) is 0 Å². The minimum Gasteiger partial charge on any atom is -0.387 e. The Morgan fingerprint density at radius 2 is 2.00 bits per heavy atom. The van der Waals surface area contributed by atoms with Gasteiger partial charge in [0.25, 0.3) is 0 Å². The molecule has 1 fully saturated rings. The van der Waals surface area contributed by atoms with Crippen molar-refractivity contribution in [3.8, 4) is 0 Å². The van der Waals surface area contributed by atoms with Gasteiger partial charge in [-0.2, -0.15) is 0 Å². The van der Waals surface area contributed by atoms with Crippen LogP contribution in [0.5, 0.6) is 0 Å². The molecule has 0 radical (unpaired) electrons. The van der Waals surface area contributed by atoms with Crippen LogP contribution in [0.1, 0.15) is 62.3 Å². The predicted molar refractivity (Wildman–Crippen MR) is 69.1 cm³/mol. The van der Waals surface area contributed by atoms with E-state index in [-0.39, 0.29) is 5.60 Å². The number of nitrogens with zero attached hydrogens (tertiary/aromatic N) is 1. The van der Waals surface area contributed by atoms with E-state index in [0.717, 1.165) is 23.5 Å². The van der Waals surface area contributed by atoms with Gasteiger partial charge >= 0.3 is 0 Å². The zero-order chi connectivity index (χ0) is 12.3. The standard InChI is InChI=1S/C13H21NO2S/c1-10(15)11-9-17-12(14-11)13(16-2)7-5-3-4-6-8-13/h9-10,15H,3-8H2,1-2H3. The SMILES string of the molecule is COC1(c2nc(C(C)O)cs2)CCCCCC1. The fourth-order valence-corrected chi connectivity index (χ4v) is 3.63. The smallest absolute Gasteiger partial charge is 0.125 e.